The molecule has 0 N–H and O–H groups in total. The molecule has 0 aliphatic carbocycles. The maximum Gasteiger partial charge on any atom is 0.0864 e. The molecule has 0 aromatic rings. The Kier molecular flexibility index (Phi) is 3.53. The molecule has 0 spiro atoms. The van der Waals surface area contributed by atoms with Crippen LogP contribution in [0.5, 0.6) is 0 Å². The predicted molar refractivity (Wildman–Crippen MR) is 49.2 cm³/mol. The van der Waals surface area contributed by atoms with Crippen molar-refractivity contribution in [3.05, 3.63) is 0 Å². The van der Waals surface area contributed by atoms with E-state index in [0.717, 1.165) is 13.2 Å². The van der Waals surface area contributed by atoms with Crippen LogP contribution >= 0.6 is 0 Å². The quantitative estimate of drug-likeness (QED) is 0.649. The fraction of sp³-hybridized carbons (Fsp3) is 1.00. The van der Waals surface area contributed by atoms with Crippen LogP contribution in [-0.4, -0.2) is 25.4 Å². The third-order valence-electron chi connectivity index (χ3n) is 2.37. The summed E-state index contributed by atoms with van der Waals surface area (Å²) in [7, 11) is 0. The van der Waals surface area contributed by atoms with E-state index < -0.39 is 0 Å². The zero-order chi connectivity index (χ0) is 9.14. The molecule has 1 aliphatic heterocycles. The molecular weight excluding hydrogens is 152 g/mol. The van der Waals surface area contributed by atoms with Crippen molar-refractivity contribution < 1.29 is 9.47 Å². The Morgan fingerprint density at radius 2 is 1.83 bits per heavy atom. The first-order chi connectivity index (χ1) is 5.61. The molecule has 2 nitrogen and oxygen atoms in total. The topological polar surface area (TPSA) is 18.5 Å². The first-order valence-electron chi connectivity index (χ1n) is 4.84. The van der Waals surface area contributed by atoms with Gasteiger partial charge < -0.3 is 9.47 Å². The molecule has 0 unspecified atom stereocenters. The molecule has 0 radical (unpaired) electrons. The number of ether oxygens (including phenoxy) is 2. The van der Waals surface area contributed by atoms with Gasteiger partial charge in [0.1, 0.15) is 0 Å². The zero-order valence-electron chi connectivity index (χ0n) is 8.54. The van der Waals surface area contributed by atoms with Gasteiger partial charge in [-0.25, -0.2) is 0 Å². The molecular formula is C10H20O2. The smallest absolute Gasteiger partial charge is 0.0864 e. The Hall–Kier alpha value is -0.0800. The van der Waals surface area contributed by atoms with Gasteiger partial charge in [-0.3, -0.25) is 0 Å². The number of hydrogen-bond donors (Lipinski definition) is 0. The molecule has 0 saturated carbocycles. The number of rotatable bonds is 3. The van der Waals surface area contributed by atoms with Gasteiger partial charge in [-0.05, 0) is 19.8 Å². The van der Waals surface area contributed by atoms with Crippen LogP contribution in [0, 0.1) is 11.8 Å². The largest absolute Gasteiger partial charge is 0.378 e. The van der Waals surface area contributed by atoms with Crippen molar-refractivity contribution in [1.29, 1.82) is 0 Å². The van der Waals surface area contributed by atoms with Crippen molar-refractivity contribution >= 4 is 0 Å². The first kappa shape index (κ1) is 10.0. The Bertz CT molecular complexity index is 132. The Morgan fingerprint density at radius 3 is 2.33 bits per heavy atom. The Labute approximate surface area is 75.2 Å². The Balaban J connectivity index is 2.41. The lowest BCUT2D eigenvalue weighted by Gasteiger charge is -2.23. The molecule has 1 saturated heterocycles. The van der Waals surface area contributed by atoms with Gasteiger partial charge in [0.25, 0.3) is 0 Å². The summed E-state index contributed by atoms with van der Waals surface area (Å²) >= 11 is 0. The van der Waals surface area contributed by atoms with Gasteiger partial charge in [0.2, 0.25) is 0 Å². The molecule has 1 rings (SSSR count). The molecule has 0 aromatic carbocycles. The summed E-state index contributed by atoms with van der Waals surface area (Å²) in [4.78, 5) is 0. The van der Waals surface area contributed by atoms with Crippen molar-refractivity contribution in [3.8, 4) is 0 Å². The zero-order valence-corrected chi connectivity index (χ0v) is 8.54. The molecule has 72 valence electrons. The van der Waals surface area contributed by atoms with E-state index in [0.29, 0.717) is 24.0 Å². The van der Waals surface area contributed by atoms with E-state index in [-0.39, 0.29) is 0 Å². The standard InChI is InChI=1S/C10H20O2/c1-7(2)9-5-11-6-10(9)12-8(3)4/h7-10H,5-6H2,1-4H3/t9-,10+/m1/s1. The fourth-order valence-corrected chi connectivity index (χ4v) is 1.66. The minimum atomic E-state index is 0.318. The lowest BCUT2D eigenvalue weighted by Crippen LogP contribution is -2.28. The van der Waals surface area contributed by atoms with Gasteiger partial charge in [0, 0.05) is 5.92 Å². The van der Waals surface area contributed by atoms with Crippen molar-refractivity contribution in [1.82, 2.24) is 0 Å². The van der Waals surface area contributed by atoms with Crippen molar-refractivity contribution in [2.45, 2.75) is 39.9 Å². The van der Waals surface area contributed by atoms with Gasteiger partial charge >= 0.3 is 0 Å². The summed E-state index contributed by atoms with van der Waals surface area (Å²) < 4.78 is 11.2. The van der Waals surface area contributed by atoms with Gasteiger partial charge in [-0.2, -0.15) is 0 Å². The first-order valence-corrected chi connectivity index (χ1v) is 4.84. The summed E-state index contributed by atoms with van der Waals surface area (Å²) in [6, 6.07) is 0. The number of hydrogen-bond acceptors (Lipinski definition) is 2. The van der Waals surface area contributed by atoms with Gasteiger partial charge in [-0.15, -0.1) is 0 Å². The van der Waals surface area contributed by atoms with E-state index in [4.69, 9.17) is 9.47 Å². The fourth-order valence-electron chi connectivity index (χ4n) is 1.66. The third-order valence-corrected chi connectivity index (χ3v) is 2.37. The van der Waals surface area contributed by atoms with Gasteiger partial charge in [0.05, 0.1) is 25.4 Å². The molecule has 2 heteroatoms. The average Bonchev–Trinajstić information content (AvgIpc) is 2.33. The lowest BCUT2D eigenvalue weighted by atomic mass is 9.93. The van der Waals surface area contributed by atoms with Crippen LogP contribution in [0.3, 0.4) is 0 Å². The summed E-state index contributed by atoms with van der Waals surface area (Å²) in [6.45, 7) is 10.3. The molecule has 0 bridgehead atoms. The molecule has 12 heavy (non-hydrogen) atoms. The average molecular weight is 172 g/mol. The highest BCUT2D eigenvalue weighted by molar-refractivity contribution is 4.78. The minimum Gasteiger partial charge on any atom is -0.378 e. The second-order valence-electron chi connectivity index (χ2n) is 4.17. The van der Waals surface area contributed by atoms with Crippen molar-refractivity contribution in [3.63, 3.8) is 0 Å². The van der Waals surface area contributed by atoms with Crippen LogP contribution < -0.4 is 0 Å². The van der Waals surface area contributed by atoms with E-state index in [2.05, 4.69) is 27.7 Å². The summed E-state index contributed by atoms with van der Waals surface area (Å²) in [5.41, 5.74) is 0. The van der Waals surface area contributed by atoms with E-state index in [1.165, 1.54) is 0 Å². The van der Waals surface area contributed by atoms with Crippen LogP contribution in [0.15, 0.2) is 0 Å². The van der Waals surface area contributed by atoms with E-state index in [1.807, 2.05) is 0 Å². The monoisotopic (exact) mass is 172 g/mol. The highest BCUT2D eigenvalue weighted by Gasteiger charge is 2.31. The van der Waals surface area contributed by atoms with E-state index >= 15 is 0 Å². The summed E-state index contributed by atoms with van der Waals surface area (Å²) in [6.07, 6.45) is 0.642. The van der Waals surface area contributed by atoms with Crippen LogP contribution in [0.25, 0.3) is 0 Å². The van der Waals surface area contributed by atoms with Crippen LogP contribution in [0.1, 0.15) is 27.7 Å². The van der Waals surface area contributed by atoms with Crippen LogP contribution in [-0.2, 0) is 9.47 Å². The molecule has 0 aromatic heterocycles. The normalized spacial score (nSPS) is 30.5. The molecule has 0 amide bonds. The highest BCUT2D eigenvalue weighted by atomic mass is 16.6. The maximum atomic E-state index is 5.76. The van der Waals surface area contributed by atoms with Crippen LogP contribution in [0.4, 0.5) is 0 Å². The van der Waals surface area contributed by atoms with E-state index in [9.17, 15) is 0 Å². The molecule has 1 heterocycles. The van der Waals surface area contributed by atoms with Gasteiger partial charge in [0.15, 0.2) is 0 Å². The second-order valence-corrected chi connectivity index (χ2v) is 4.17. The highest BCUT2D eigenvalue weighted by Crippen LogP contribution is 2.25. The molecule has 1 fully saturated rings. The van der Waals surface area contributed by atoms with Crippen molar-refractivity contribution in [2.24, 2.45) is 11.8 Å². The predicted octanol–water partition coefficient (Wildman–Crippen LogP) is 2.08. The van der Waals surface area contributed by atoms with Crippen LogP contribution in [0.2, 0.25) is 0 Å². The summed E-state index contributed by atoms with van der Waals surface area (Å²) in [5.74, 6) is 1.25. The minimum absolute atomic E-state index is 0.318. The molecule has 1 aliphatic rings. The second kappa shape index (κ2) is 4.24. The maximum absolute atomic E-state index is 5.76. The summed E-state index contributed by atoms with van der Waals surface area (Å²) in [5, 5.41) is 0. The SMILES string of the molecule is CC(C)O[C@H]1COC[C@@H]1C(C)C. The van der Waals surface area contributed by atoms with Crippen molar-refractivity contribution in [2.75, 3.05) is 13.2 Å². The van der Waals surface area contributed by atoms with Gasteiger partial charge in [-0.1, -0.05) is 13.8 Å². The Morgan fingerprint density at radius 1 is 1.17 bits per heavy atom. The third kappa shape index (κ3) is 2.46. The lowest BCUT2D eigenvalue weighted by molar-refractivity contribution is -0.0208. The molecule has 2 atom stereocenters. The van der Waals surface area contributed by atoms with E-state index in [1.54, 1.807) is 0 Å².